The summed E-state index contributed by atoms with van der Waals surface area (Å²) in [5.41, 5.74) is 6.71. The Morgan fingerprint density at radius 1 is 1.37 bits per heavy atom. The summed E-state index contributed by atoms with van der Waals surface area (Å²) in [7, 11) is 0. The van der Waals surface area contributed by atoms with E-state index in [9.17, 15) is 15.0 Å². The molecule has 3 rings (SSSR count). The molecule has 2 aromatic rings. The van der Waals surface area contributed by atoms with Gasteiger partial charge < -0.3 is 20.8 Å². The fraction of sp³-hybridized carbons (Fsp3) is 0.450. The largest absolute Gasteiger partial charge is 0.396 e. The first-order valence-corrected chi connectivity index (χ1v) is 9.27. The Balaban J connectivity index is 1.95. The molecule has 1 aromatic carbocycles. The number of aliphatic hydroxyl groups is 2. The van der Waals surface area contributed by atoms with Gasteiger partial charge in [0.1, 0.15) is 0 Å². The maximum Gasteiger partial charge on any atom is 0.257 e. The Kier molecular flexibility index (Phi) is 5.72. The molecule has 0 saturated carbocycles. The molecule has 1 aliphatic rings. The van der Waals surface area contributed by atoms with Gasteiger partial charge >= 0.3 is 0 Å². The molecule has 7 heteroatoms. The minimum absolute atomic E-state index is 0.107. The predicted molar refractivity (Wildman–Crippen MR) is 103 cm³/mol. The zero-order valence-corrected chi connectivity index (χ0v) is 15.5. The minimum Gasteiger partial charge on any atom is -0.396 e. The van der Waals surface area contributed by atoms with E-state index in [1.54, 1.807) is 4.90 Å². The molecule has 0 spiro atoms. The van der Waals surface area contributed by atoms with Crippen LogP contribution >= 0.6 is 0 Å². The number of nitrogen functional groups attached to an aromatic ring is 1. The van der Waals surface area contributed by atoms with Crippen molar-refractivity contribution in [3.8, 4) is 11.3 Å². The van der Waals surface area contributed by atoms with Crippen molar-refractivity contribution in [3.63, 3.8) is 0 Å². The van der Waals surface area contributed by atoms with Crippen LogP contribution < -0.4 is 5.73 Å². The van der Waals surface area contributed by atoms with Gasteiger partial charge in [-0.05, 0) is 12.8 Å². The normalized spacial score (nSPS) is 22.6. The zero-order chi connectivity index (χ0) is 19.4. The predicted octanol–water partition coefficient (Wildman–Crippen LogP) is 1.71. The number of benzene rings is 1. The van der Waals surface area contributed by atoms with Crippen LogP contribution in [0.5, 0.6) is 0 Å². The van der Waals surface area contributed by atoms with Crippen LogP contribution in [-0.4, -0.2) is 56.8 Å². The van der Waals surface area contributed by atoms with Gasteiger partial charge in [-0.3, -0.25) is 4.79 Å². The molecule has 1 fully saturated rings. The van der Waals surface area contributed by atoms with Crippen molar-refractivity contribution >= 4 is 11.9 Å². The molecule has 1 saturated heterocycles. The topological polar surface area (TPSA) is 113 Å². The molecule has 27 heavy (non-hydrogen) atoms. The third-order valence-corrected chi connectivity index (χ3v) is 5.32. The van der Waals surface area contributed by atoms with Gasteiger partial charge in [-0.25, -0.2) is 9.97 Å². The molecule has 4 N–H and O–H groups in total. The van der Waals surface area contributed by atoms with Crippen LogP contribution in [-0.2, 0) is 0 Å². The second kappa shape index (κ2) is 8.02. The number of piperidine rings is 1. The minimum atomic E-state index is -0.690. The number of nitrogens with zero attached hydrogens (tertiary/aromatic N) is 3. The molecule has 1 aliphatic heterocycles. The summed E-state index contributed by atoms with van der Waals surface area (Å²) in [6.45, 7) is 2.57. The maximum atomic E-state index is 13.3. The first-order valence-electron chi connectivity index (χ1n) is 9.27. The number of hydrogen-bond donors (Lipinski definition) is 3. The highest BCUT2D eigenvalue weighted by molar-refractivity contribution is 5.99. The van der Waals surface area contributed by atoms with E-state index in [1.807, 2.05) is 37.3 Å². The van der Waals surface area contributed by atoms with Gasteiger partial charge in [0.2, 0.25) is 5.95 Å². The van der Waals surface area contributed by atoms with E-state index in [0.717, 1.165) is 12.0 Å². The number of hydrogen-bond acceptors (Lipinski definition) is 6. The van der Waals surface area contributed by atoms with Crippen molar-refractivity contribution in [2.75, 3.05) is 25.4 Å². The number of amides is 1. The van der Waals surface area contributed by atoms with Crippen molar-refractivity contribution in [3.05, 3.63) is 42.1 Å². The summed E-state index contributed by atoms with van der Waals surface area (Å²) in [4.78, 5) is 23.2. The van der Waals surface area contributed by atoms with E-state index in [0.29, 0.717) is 37.2 Å². The first kappa shape index (κ1) is 19.3. The highest BCUT2D eigenvalue weighted by Gasteiger charge is 2.43. The molecular weight excluding hydrogens is 344 g/mol. The fourth-order valence-corrected chi connectivity index (χ4v) is 3.84. The molecule has 2 heterocycles. The van der Waals surface area contributed by atoms with E-state index in [-0.39, 0.29) is 18.5 Å². The van der Waals surface area contributed by atoms with Gasteiger partial charge in [0.25, 0.3) is 5.91 Å². The van der Waals surface area contributed by atoms with Gasteiger partial charge in [-0.2, -0.15) is 0 Å². The molecule has 144 valence electrons. The Labute approximate surface area is 158 Å². The monoisotopic (exact) mass is 370 g/mol. The third kappa shape index (κ3) is 3.79. The number of carbonyl (C=O) groups is 1. The summed E-state index contributed by atoms with van der Waals surface area (Å²) < 4.78 is 0. The molecule has 2 atom stereocenters. The van der Waals surface area contributed by atoms with Crippen LogP contribution in [0.25, 0.3) is 11.3 Å². The lowest BCUT2D eigenvalue weighted by Crippen LogP contribution is -2.55. The maximum absolute atomic E-state index is 13.3. The summed E-state index contributed by atoms with van der Waals surface area (Å²) >= 11 is 0. The second-order valence-electron chi connectivity index (χ2n) is 7.16. The average Bonchev–Trinajstić information content (AvgIpc) is 2.70. The molecule has 1 amide bonds. The Hall–Kier alpha value is -2.51. The van der Waals surface area contributed by atoms with Gasteiger partial charge in [0.15, 0.2) is 0 Å². The van der Waals surface area contributed by atoms with Gasteiger partial charge in [0, 0.05) is 30.3 Å². The number of nitrogens with two attached hydrogens (primary N) is 1. The van der Waals surface area contributed by atoms with Crippen LogP contribution in [0.15, 0.2) is 36.5 Å². The molecule has 0 radical (unpaired) electrons. The van der Waals surface area contributed by atoms with Crippen LogP contribution in [0.3, 0.4) is 0 Å². The highest BCUT2D eigenvalue weighted by atomic mass is 16.3. The number of rotatable bonds is 5. The smallest absolute Gasteiger partial charge is 0.257 e. The number of aromatic nitrogens is 2. The van der Waals surface area contributed by atoms with Crippen molar-refractivity contribution in [1.82, 2.24) is 14.9 Å². The highest BCUT2D eigenvalue weighted by Crippen LogP contribution is 2.35. The van der Waals surface area contributed by atoms with Gasteiger partial charge in [-0.15, -0.1) is 0 Å². The number of aliphatic hydroxyl groups excluding tert-OH is 2. The van der Waals surface area contributed by atoms with Gasteiger partial charge in [0.05, 0.1) is 24.0 Å². The number of anilines is 1. The summed E-state index contributed by atoms with van der Waals surface area (Å²) in [5, 5.41) is 20.4. The van der Waals surface area contributed by atoms with Crippen LogP contribution in [0.1, 0.15) is 36.5 Å². The van der Waals surface area contributed by atoms with Crippen molar-refractivity contribution < 1.29 is 15.0 Å². The summed E-state index contributed by atoms with van der Waals surface area (Å²) in [6.07, 6.45) is 2.74. The first-order chi connectivity index (χ1) is 13.0. The second-order valence-corrected chi connectivity index (χ2v) is 7.16. The van der Waals surface area contributed by atoms with Gasteiger partial charge in [-0.1, -0.05) is 43.7 Å². The van der Waals surface area contributed by atoms with E-state index in [1.165, 1.54) is 6.20 Å². The molecular formula is C20H26N4O3. The molecule has 0 unspecified atom stereocenters. The Morgan fingerprint density at radius 3 is 2.78 bits per heavy atom. The lowest BCUT2D eigenvalue weighted by Gasteiger charge is -2.45. The molecule has 0 aliphatic carbocycles. The average molecular weight is 370 g/mol. The summed E-state index contributed by atoms with van der Waals surface area (Å²) in [6, 6.07) is 9.37. The zero-order valence-electron chi connectivity index (χ0n) is 15.5. The van der Waals surface area contributed by atoms with E-state index >= 15 is 0 Å². The van der Waals surface area contributed by atoms with Crippen molar-refractivity contribution in [1.29, 1.82) is 0 Å². The molecule has 0 bridgehead atoms. The lowest BCUT2D eigenvalue weighted by molar-refractivity contribution is -0.0720. The third-order valence-electron chi connectivity index (χ3n) is 5.32. The quantitative estimate of drug-likeness (QED) is 0.739. The molecule has 7 nitrogen and oxygen atoms in total. The van der Waals surface area contributed by atoms with Crippen LogP contribution in [0.2, 0.25) is 0 Å². The summed E-state index contributed by atoms with van der Waals surface area (Å²) in [5.74, 6) is -0.107. The van der Waals surface area contributed by atoms with Crippen molar-refractivity contribution in [2.24, 2.45) is 5.41 Å². The SMILES string of the molecule is CCC[C@@]1(CO)CN(C(=O)c2cnc(N)nc2-c2ccccc2)CC[C@H]1O. The fourth-order valence-electron chi connectivity index (χ4n) is 3.84. The number of carbonyl (C=O) groups excluding carboxylic acids is 1. The Morgan fingerprint density at radius 2 is 2.11 bits per heavy atom. The van der Waals surface area contributed by atoms with E-state index < -0.39 is 11.5 Å². The molecule has 1 aromatic heterocycles. The van der Waals surface area contributed by atoms with Crippen LogP contribution in [0.4, 0.5) is 5.95 Å². The van der Waals surface area contributed by atoms with Crippen LogP contribution in [0, 0.1) is 5.41 Å². The van der Waals surface area contributed by atoms with Crippen molar-refractivity contribution in [2.45, 2.75) is 32.3 Å². The standard InChI is InChI=1S/C20H26N4O3/c1-2-9-20(13-25)12-24(10-8-16(20)26)18(27)15-11-22-19(21)23-17(15)14-6-4-3-5-7-14/h3-7,11,16,25-26H,2,8-10,12-13H2,1H3,(H2,21,22,23)/t16-,20+/m1/s1. The lowest BCUT2D eigenvalue weighted by atomic mass is 9.74. The van der Waals surface area contributed by atoms with E-state index in [4.69, 9.17) is 5.73 Å². The number of likely N-dealkylation sites (tertiary alicyclic amines) is 1. The Bertz CT molecular complexity index is 799. The van der Waals surface area contributed by atoms with E-state index in [2.05, 4.69) is 9.97 Å².